The Kier molecular flexibility index (Phi) is 5.05. The minimum Gasteiger partial charge on any atom is -0.366 e. The maximum absolute atomic E-state index is 11.2. The molecule has 132 valence electrons. The summed E-state index contributed by atoms with van der Waals surface area (Å²) in [6.07, 6.45) is 1.47. The molecule has 4 N–H and O–H groups in total. The van der Waals surface area contributed by atoms with Crippen molar-refractivity contribution in [2.45, 2.75) is 6.04 Å². The van der Waals surface area contributed by atoms with E-state index in [1.807, 2.05) is 36.0 Å². The fourth-order valence-electron chi connectivity index (χ4n) is 2.32. The molecule has 2 aromatic heterocycles. The van der Waals surface area contributed by atoms with Crippen LogP contribution in [0.2, 0.25) is 0 Å². The Morgan fingerprint density at radius 1 is 1.20 bits per heavy atom. The Morgan fingerprint density at radius 3 is 2.36 bits per heavy atom. The second-order valence-electron chi connectivity index (χ2n) is 6.06. The van der Waals surface area contributed by atoms with Gasteiger partial charge in [-0.2, -0.15) is 0 Å². The highest BCUT2D eigenvalue weighted by Crippen LogP contribution is 2.21. The van der Waals surface area contributed by atoms with Gasteiger partial charge in [0.2, 0.25) is 5.91 Å². The number of nitrogens with one attached hydrogen (secondary N) is 2. The molecule has 1 amide bonds. The molecule has 1 saturated heterocycles. The Bertz CT molecular complexity index is 712. The van der Waals surface area contributed by atoms with Crippen molar-refractivity contribution in [3.63, 3.8) is 0 Å². The van der Waals surface area contributed by atoms with Gasteiger partial charge in [-0.05, 0) is 24.3 Å². The monoisotopic (exact) mass is 342 g/mol. The fourth-order valence-corrected chi connectivity index (χ4v) is 2.32. The van der Waals surface area contributed by atoms with Gasteiger partial charge in [-0.25, -0.2) is 4.98 Å². The van der Waals surface area contributed by atoms with Gasteiger partial charge in [0.15, 0.2) is 11.6 Å². The standard InChI is InChI=1S/C16H22N8O/c1-23(2)14-5-6-15(22-21-14)24(10-20-12-8-18-9-12)13-4-3-11(7-19-13)16(17)25/h3-7,12,18,20H,8-10H2,1-2H3,(H2,17,25). The number of primary amides is 1. The van der Waals surface area contributed by atoms with Crippen molar-refractivity contribution in [3.05, 3.63) is 36.0 Å². The van der Waals surface area contributed by atoms with Gasteiger partial charge in [0.1, 0.15) is 5.82 Å². The highest BCUT2D eigenvalue weighted by Gasteiger charge is 2.19. The third-order valence-electron chi connectivity index (χ3n) is 4.00. The van der Waals surface area contributed by atoms with Gasteiger partial charge in [-0.15, -0.1) is 10.2 Å². The van der Waals surface area contributed by atoms with Crippen LogP contribution in [0.3, 0.4) is 0 Å². The minimum atomic E-state index is -0.501. The molecule has 0 unspecified atom stereocenters. The second-order valence-corrected chi connectivity index (χ2v) is 6.06. The van der Waals surface area contributed by atoms with Crippen LogP contribution in [0.5, 0.6) is 0 Å². The summed E-state index contributed by atoms with van der Waals surface area (Å²) < 4.78 is 0. The second kappa shape index (κ2) is 7.41. The van der Waals surface area contributed by atoms with Crippen molar-refractivity contribution in [1.82, 2.24) is 25.8 Å². The van der Waals surface area contributed by atoms with E-state index < -0.39 is 5.91 Å². The van der Waals surface area contributed by atoms with Gasteiger partial charge in [-0.3, -0.25) is 15.0 Å². The Hall–Kier alpha value is -2.78. The SMILES string of the molecule is CN(C)c1ccc(N(CNC2CNC2)c2ccc(C(N)=O)cn2)nn1. The number of hydrogen-bond donors (Lipinski definition) is 3. The van der Waals surface area contributed by atoms with Gasteiger partial charge in [0, 0.05) is 39.4 Å². The lowest BCUT2D eigenvalue weighted by Gasteiger charge is -2.31. The molecule has 0 bridgehead atoms. The molecule has 3 rings (SSSR count). The van der Waals surface area contributed by atoms with E-state index in [0.717, 1.165) is 18.9 Å². The molecule has 1 aliphatic rings. The smallest absolute Gasteiger partial charge is 0.250 e. The zero-order valence-electron chi connectivity index (χ0n) is 14.3. The zero-order valence-corrected chi connectivity index (χ0v) is 14.3. The predicted octanol–water partition coefficient (Wildman–Crippen LogP) is -0.306. The van der Waals surface area contributed by atoms with Crippen molar-refractivity contribution in [1.29, 1.82) is 0 Å². The average Bonchev–Trinajstić information content (AvgIpc) is 2.57. The third-order valence-corrected chi connectivity index (χ3v) is 4.00. The average molecular weight is 342 g/mol. The molecule has 0 aliphatic carbocycles. The highest BCUT2D eigenvalue weighted by atomic mass is 16.1. The molecule has 0 aromatic carbocycles. The molecule has 0 radical (unpaired) electrons. The number of aromatic nitrogens is 3. The number of pyridine rings is 1. The quantitative estimate of drug-likeness (QED) is 0.588. The first kappa shape index (κ1) is 17.1. The zero-order chi connectivity index (χ0) is 17.8. The molecular weight excluding hydrogens is 320 g/mol. The molecule has 2 aromatic rings. The van der Waals surface area contributed by atoms with Crippen LogP contribution in [0.4, 0.5) is 17.5 Å². The minimum absolute atomic E-state index is 0.369. The molecule has 1 fully saturated rings. The van der Waals surface area contributed by atoms with E-state index in [0.29, 0.717) is 29.9 Å². The lowest BCUT2D eigenvalue weighted by molar-refractivity contribution is 0.1000. The van der Waals surface area contributed by atoms with Crippen LogP contribution in [0, 0.1) is 0 Å². The number of anilines is 3. The number of rotatable bonds is 7. The van der Waals surface area contributed by atoms with E-state index in [9.17, 15) is 4.79 Å². The number of hydrogen-bond acceptors (Lipinski definition) is 8. The summed E-state index contributed by atoms with van der Waals surface area (Å²) in [5, 5.41) is 15.2. The maximum Gasteiger partial charge on any atom is 0.250 e. The molecule has 0 saturated carbocycles. The summed E-state index contributed by atoms with van der Waals surface area (Å²) in [5.74, 6) is 1.61. The molecule has 25 heavy (non-hydrogen) atoms. The summed E-state index contributed by atoms with van der Waals surface area (Å²) in [6.45, 7) is 2.41. The van der Waals surface area contributed by atoms with E-state index in [2.05, 4.69) is 25.8 Å². The van der Waals surface area contributed by atoms with Gasteiger partial charge in [-0.1, -0.05) is 0 Å². The first-order valence-corrected chi connectivity index (χ1v) is 8.03. The molecule has 9 nitrogen and oxygen atoms in total. The fraction of sp³-hybridized carbons (Fsp3) is 0.375. The maximum atomic E-state index is 11.2. The summed E-state index contributed by atoms with van der Waals surface area (Å²) in [6, 6.07) is 7.62. The van der Waals surface area contributed by atoms with Crippen LogP contribution in [0.15, 0.2) is 30.5 Å². The molecular formula is C16H22N8O. The Morgan fingerprint density at radius 2 is 1.88 bits per heavy atom. The van der Waals surface area contributed by atoms with Crippen molar-refractivity contribution in [2.75, 3.05) is 43.7 Å². The lowest BCUT2D eigenvalue weighted by atomic mass is 10.2. The van der Waals surface area contributed by atoms with Crippen LogP contribution in [0.25, 0.3) is 0 Å². The highest BCUT2D eigenvalue weighted by molar-refractivity contribution is 5.92. The molecule has 9 heteroatoms. The first-order valence-electron chi connectivity index (χ1n) is 8.03. The summed E-state index contributed by atoms with van der Waals surface area (Å²) in [5.41, 5.74) is 5.65. The lowest BCUT2D eigenvalue weighted by Crippen LogP contribution is -2.57. The first-order chi connectivity index (χ1) is 12.0. The topological polar surface area (TPSA) is 112 Å². The van der Waals surface area contributed by atoms with E-state index in [4.69, 9.17) is 5.73 Å². The van der Waals surface area contributed by atoms with Crippen molar-refractivity contribution >= 4 is 23.4 Å². The van der Waals surface area contributed by atoms with Crippen molar-refractivity contribution < 1.29 is 4.79 Å². The number of nitrogens with two attached hydrogens (primary N) is 1. The van der Waals surface area contributed by atoms with Crippen molar-refractivity contribution in [2.24, 2.45) is 5.73 Å². The summed E-state index contributed by atoms with van der Waals surface area (Å²) in [7, 11) is 3.83. The van der Waals surface area contributed by atoms with E-state index in [-0.39, 0.29) is 0 Å². The molecule has 0 spiro atoms. The van der Waals surface area contributed by atoms with Gasteiger partial charge in [0.25, 0.3) is 0 Å². The van der Waals surface area contributed by atoms with Gasteiger partial charge in [0.05, 0.1) is 12.2 Å². The van der Waals surface area contributed by atoms with E-state index >= 15 is 0 Å². The molecule has 1 aliphatic heterocycles. The van der Waals surface area contributed by atoms with E-state index in [1.165, 1.54) is 6.20 Å². The number of carbonyl (C=O) groups is 1. The van der Waals surface area contributed by atoms with Crippen LogP contribution in [-0.4, -0.2) is 61.0 Å². The number of nitrogens with zero attached hydrogens (tertiary/aromatic N) is 5. The Labute approximate surface area is 146 Å². The molecule has 3 heterocycles. The van der Waals surface area contributed by atoms with E-state index in [1.54, 1.807) is 12.1 Å². The van der Waals surface area contributed by atoms with Gasteiger partial charge >= 0.3 is 0 Å². The van der Waals surface area contributed by atoms with Gasteiger partial charge < -0.3 is 16.0 Å². The summed E-state index contributed by atoms with van der Waals surface area (Å²) in [4.78, 5) is 19.4. The summed E-state index contributed by atoms with van der Waals surface area (Å²) >= 11 is 0. The van der Waals surface area contributed by atoms with Crippen LogP contribution < -0.4 is 26.2 Å². The Balaban J connectivity index is 1.83. The van der Waals surface area contributed by atoms with Crippen LogP contribution >= 0.6 is 0 Å². The normalized spacial score (nSPS) is 14.0. The largest absolute Gasteiger partial charge is 0.366 e. The predicted molar refractivity (Wildman–Crippen MR) is 95.9 cm³/mol. The molecule has 0 atom stereocenters. The van der Waals surface area contributed by atoms with Crippen LogP contribution in [-0.2, 0) is 0 Å². The van der Waals surface area contributed by atoms with Crippen LogP contribution in [0.1, 0.15) is 10.4 Å². The number of amides is 1. The number of carbonyl (C=O) groups excluding carboxylic acids is 1. The van der Waals surface area contributed by atoms with Crippen molar-refractivity contribution in [3.8, 4) is 0 Å². The third kappa shape index (κ3) is 4.01.